The molecule has 1 aliphatic heterocycles. The first-order valence-electron chi connectivity index (χ1n) is 7.24. The molecule has 0 aromatic carbocycles. The Bertz CT molecular complexity index is 273. The largest absolute Gasteiger partial charge is 0.383 e. The normalized spacial score (nSPS) is 25.8. The maximum absolute atomic E-state index is 12.6. The van der Waals surface area contributed by atoms with Crippen molar-refractivity contribution < 1.29 is 9.53 Å². The van der Waals surface area contributed by atoms with Gasteiger partial charge in [0, 0.05) is 26.2 Å². The summed E-state index contributed by atoms with van der Waals surface area (Å²) in [5.74, 6) is 1.23. The number of carbonyl (C=O) groups is 1. The molecule has 4 nitrogen and oxygen atoms in total. The molecule has 18 heavy (non-hydrogen) atoms. The highest BCUT2D eigenvalue weighted by molar-refractivity contribution is 5.79. The molecule has 0 aromatic rings. The van der Waals surface area contributed by atoms with Crippen molar-refractivity contribution in [2.45, 2.75) is 38.6 Å². The van der Waals surface area contributed by atoms with Crippen LogP contribution in [0.3, 0.4) is 0 Å². The second kappa shape index (κ2) is 6.53. The van der Waals surface area contributed by atoms with Crippen LogP contribution in [0.25, 0.3) is 0 Å². The number of hydrogen-bond acceptors (Lipinski definition) is 3. The lowest BCUT2D eigenvalue weighted by Crippen LogP contribution is -2.48. The molecule has 0 aromatic heterocycles. The van der Waals surface area contributed by atoms with Gasteiger partial charge in [-0.15, -0.1) is 0 Å². The number of amides is 1. The number of nitrogens with one attached hydrogen (secondary N) is 1. The van der Waals surface area contributed by atoms with E-state index < -0.39 is 0 Å². The molecule has 0 bridgehead atoms. The van der Waals surface area contributed by atoms with E-state index in [1.54, 1.807) is 7.11 Å². The van der Waals surface area contributed by atoms with Gasteiger partial charge in [-0.3, -0.25) is 4.79 Å². The molecule has 1 amide bonds. The van der Waals surface area contributed by atoms with Crippen LogP contribution in [0, 0.1) is 11.8 Å². The summed E-state index contributed by atoms with van der Waals surface area (Å²) in [5.41, 5.74) is 0. The van der Waals surface area contributed by atoms with Crippen LogP contribution in [-0.4, -0.2) is 50.2 Å². The minimum Gasteiger partial charge on any atom is -0.383 e. The van der Waals surface area contributed by atoms with E-state index in [1.165, 1.54) is 12.8 Å². The zero-order chi connectivity index (χ0) is 13.0. The molecular weight excluding hydrogens is 228 g/mol. The van der Waals surface area contributed by atoms with Gasteiger partial charge < -0.3 is 15.0 Å². The van der Waals surface area contributed by atoms with E-state index in [2.05, 4.69) is 17.1 Å². The van der Waals surface area contributed by atoms with E-state index >= 15 is 0 Å². The lowest BCUT2D eigenvalue weighted by Gasteiger charge is -2.34. The number of methoxy groups -OCH3 is 1. The van der Waals surface area contributed by atoms with Gasteiger partial charge in [-0.05, 0) is 45.1 Å². The van der Waals surface area contributed by atoms with E-state index in [0.717, 1.165) is 38.4 Å². The third kappa shape index (κ3) is 3.45. The van der Waals surface area contributed by atoms with Crippen LogP contribution >= 0.6 is 0 Å². The minimum atomic E-state index is 0.178. The van der Waals surface area contributed by atoms with Gasteiger partial charge in [-0.2, -0.15) is 0 Å². The van der Waals surface area contributed by atoms with Crippen molar-refractivity contribution in [2.24, 2.45) is 11.8 Å². The van der Waals surface area contributed by atoms with E-state index in [-0.39, 0.29) is 5.92 Å². The average molecular weight is 254 g/mol. The summed E-state index contributed by atoms with van der Waals surface area (Å²) < 4.78 is 5.15. The Kier molecular flexibility index (Phi) is 5.01. The Hall–Kier alpha value is -0.610. The molecule has 1 heterocycles. The Balaban J connectivity index is 1.94. The highest BCUT2D eigenvalue weighted by atomic mass is 16.5. The Morgan fingerprint density at radius 2 is 2.22 bits per heavy atom. The van der Waals surface area contributed by atoms with Crippen molar-refractivity contribution in [3.05, 3.63) is 0 Å². The third-order valence-electron chi connectivity index (χ3n) is 4.26. The van der Waals surface area contributed by atoms with Gasteiger partial charge in [0.05, 0.1) is 12.5 Å². The van der Waals surface area contributed by atoms with Crippen molar-refractivity contribution in [1.29, 1.82) is 0 Å². The van der Waals surface area contributed by atoms with E-state index in [4.69, 9.17) is 4.74 Å². The van der Waals surface area contributed by atoms with E-state index in [9.17, 15) is 4.79 Å². The molecule has 2 fully saturated rings. The van der Waals surface area contributed by atoms with Gasteiger partial charge >= 0.3 is 0 Å². The van der Waals surface area contributed by atoms with Crippen LogP contribution in [0.2, 0.25) is 0 Å². The molecular formula is C14H26N2O2. The Morgan fingerprint density at radius 1 is 1.44 bits per heavy atom. The molecule has 1 saturated carbocycles. The summed E-state index contributed by atoms with van der Waals surface area (Å²) in [6.07, 6.45) is 4.71. The van der Waals surface area contributed by atoms with Crippen molar-refractivity contribution in [3.8, 4) is 0 Å². The van der Waals surface area contributed by atoms with Gasteiger partial charge in [0.25, 0.3) is 0 Å². The van der Waals surface area contributed by atoms with Gasteiger partial charge in [-0.25, -0.2) is 0 Å². The first kappa shape index (κ1) is 13.8. The minimum absolute atomic E-state index is 0.178. The zero-order valence-electron chi connectivity index (χ0n) is 11.7. The fourth-order valence-electron chi connectivity index (χ4n) is 2.83. The molecule has 0 radical (unpaired) electrons. The lowest BCUT2D eigenvalue weighted by molar-refractivity contribution is -0.139. The highest BCUT2D eigenvalue weighted by Gasteiger charge is 2.36. The molecule has 1 N–H and O–H groups in total. The smallest absolute Gasteiger partial charge is 0.227 e. The maximum Gasteiger partial charge on any atom is 0.227 e. The molecule has 1 unspecified atom stereocenters. The molecule has 1 aliphatic carbocycles. The van der Waals surface area contributed by atoms with Crippen molar-refractivity contribution in [3.63, 3.8) is 0 Å². The summed E-state index contributed by atoms with van der Waals surface area (Å²) in [5, 5.41) is 3.33. The van der Waals surface area contributed by atoms with Crippen molar-refractivity contribution in [2.75, 3.05) is 33.4 Å². The number of ether oxygens (including phenoxy) is 1. The van der Waals surface area contributed by atoms with Crippen LogP contribution in [0.15, 0.2) is 0 Å². The number of nitrogens with zero attached hydrogens (tertiary/aromatic N) is 1. The SMILES string of the molecule is COCCN(C(=O)[C@H]1CCCNC1)C(C)C1CC1. The van der Waals surface area contributed by atoms with Crippen LogP contribution in [0.5, 0.6) is 0 Å². The number of rotatable bonds is 6. The maximum atomic E-state index is 12.6. The van der Waals surface area contributed by atoms with E-state index in [0.29, 0.717) is 18.6 Å². The molecule has 2 aliphatic rings. The predicted molar refractivity (Wildman–Crippen MR) is 71.4 cm³/mol. The molecule has 2 atom stereocenters. The fraction of sp³-hybridized carbons (Fsp3) is 0.929. The summed E-state index contributed by atoms with van der Waals surface area (Å²) in [6.45, 7) is 5.48. The van der Waals surface area contributed by atoms with Gasteiger partial charge in [0.1, 0.15) is 0 Å². The monoisotopic (exact) mass is 254 g/mol. The summed E-state index contributed by atoms with van der Waals surface area (Å²) >= 11 is 0. The van der Waals surface area contributed by atoms with Crippen LogP contribution in [-0.2, 0) is 9.53 Å². The third-order valence-corrected chi connectivity index (χ3v) is 4.26. The first-order valence-corrected chi connectivity index (χ1v) is 7.24. The molecule has 104 valence electrons. The molecule has 4 heteroatoms. The lowest BCUT2D eigenvalue weighted by atomic mass is 9.97. The van der Waals surface area contributed by atoms with Crippen molar-refractivity contribution in [1.82, 2.24) is 10.2 Å². The Labute approximate surface area is 110 Å². The average Bonchev–Trinajstić information content (AvgIpc) is 3.24. The topological polar surface area (TPSA) is 41.6 Å². The zero-order valence-corrected chi connectivity index (χ0v) is 11.7. The van der Waals surface area contributed by atoms with Crippen molar-refractivity contribution >= 4 is 5.91 Å². The fourth-order valence-corrected chi connectivity index (χ4v) is 2.83. The quantitative estimate of drug-likeness (QED) is 0.776. The van der Waals surface area contributed by atoms with Crippen LogP contribution < -0.4 is 5.32 Å². The molecule has 0 spiro atoms. The highest BCUT2D eigenvalue weighted by Crippen LogP contribution is 2.35. The first-order chi connectivity index (χ1) is 8.74. The number of hydrogen-bond donors (Lipinski definition) is 1. The van der Waals surface area contributed by atoms with Gasteiger partial charge in [0.15, 0.2) is 0 Å². The second-order valence-electron chi connectivity index (χ2n) is 5.65. The second-order valence-corrected chi connectivity index (χ2v) is 5.65. The summed E-state index contributed by atoms with van der Waals surface area (Å²) in [4.78, 5) is 14.7. The number of piperidine rings is 1. The van der Waals surface area contributed by atoms with E-state index in [1.807, 2.05) is 0 Å². The summed E-state index contributed by atoms with van der Waals surface area (Å²) in [6, 6.07) is 0.384. The molecule has 2 rings (SSSR count). The van der Waals surface area contributed by atoms with Gasteiger partial charge in [-0.1, -0.05) is 0 Å². The standard InChI is InChI=1S/C14H26N2O2/c1-11(12-5-6-12)16(8-9-18-2)14(17)13-4-3-7-15-10-13/h11-13,15H,3-10H2,1-2H3/t11?,13-/m0/s1. The van der Waals surface area contributed by atoms with Gasteiger partial charge in [0.2, 0.25) is 5.91 Å². The summed E-state index contributed by atoms with van der Waals surface area (Å²) in [7, 11) is 1.70. The number of carbonyl (C=O) groups excluding carboxylic acids is 1. The molecule has 1 saturated heterocycles. The Morgan fingerprint density at radius 3 is 2.78 bits per heavy atom. The predicted octanol–water partition coefficient (Wildman–Crippen LogP) is 1.26. The van der Waals surface area contributed by atoms with Crippen LogP contribution in [0.1, 0.15) is 32.6 Å². The van der Waals surface area contributed by atoms with Crippen LogP contribution in [0.4, 0.5) is 0 Å².